The van der Waals surface area contributed by atoms with Crippen LogP contribution in [0.25, 0.3) is 0 Å². The molecule has 0 bridgehead atoms. The molecule has 0 saturated heterocycles. The summed E-state index contributed by atoms with van der Waals surface area (Å²) in [5.41, 5.74) is -2.08. The van der Waals surface area contributed by atoms with Crippen LogP contribution in [0.4, 0.5) is 0 Å². The first-order valence-electron chi connectivity index (χ1n) is 6.43. The molecule has 20 heavy (non-hydrogen) atoms. The highest BCUT2D eigenvalue weighted by Crippen LogP contribution is 2.25. The topological polar surface area (TPSA) is 104 Å². The zero-order chi connectivity index (χ0) is 14.8. The number of hydrogen-bond donors (Lipinski definition) is 2. The lowest BCUT2D eigenvalue weighted by Gasteiger charge is -2.22. The fourth-order valence-corrected chi connectivity index (χ4v) is 2.85. The third kappa shape index (κ3) is 3.71. The maximum Gasteiger partial charge on any atom is 0.339 e. The highest BCUT2D eigenvalue weighted by atomic mass is 32.2. The van der Waals surface area contributed by atoms with Gasteiger partial charge in [0.25, 0.3) is 0 Å². The third-order valence-corrected chi connectivity index (χ3v) is 4.16. The van der Waals surface area contributed by atoms with Crippen LogP contribution >= 0.6 is 11.8 Å². The van der Waals surface area contributed by atoms with E-state index in [0.717, 1.165) is 12.8 Å². The Kier molecular flexibility index (Phi) is 4.30. The zero-order valence-electron chi connectivity index (χ0n) is 11.5. The van der Waals surface area contributed by atoms with Crippen molar-refractivity contribution in [3.63, 3.8) is 0 Å². The van der Waals surface area contributed by atoms with Crippen molar-refractivity contribution < 1.29 is 0 Å². The second-order valence-electron chi connectivity index (χ2n) is 5.16. The molecule has 1 aliphatic carbocycles. The number of aromatic amines is 1. The van der Waals surface area contributed by atoms with E-state index in [9.17, 15) is 14.9 Å². The number of rotatable bonds is 6. The van der Waals surface area contributed by atoms with Gasteiger partial charge in [0, 0.05) is 18.8 Å². The molecule has 8 heteroatoms. The van der Waals surface area contributed by atoms with E-state index >= 15 is 0 Å². The minimum Gasteiger partial charge on any atom is -0.297 e. The molecule has 1 unspecified atom stereocenters. The van der Waals surface area contributed by atoms with Crippen LogP contribution in [0.15, 0.2) is 14.7 Å². The molecule has 1 aliphatic rings. The van der Waals surface area contributed by atoms with Gasteiger partial charge in [-0.25, -0.2) is 0 Å². The molecule has 0 aliphatic heterocycles. The number of nitrogens with zero attached hydrogens (tertiary/aromatic N) is 3. The summed E-state index contributed by atoms with van der Waals surface area (Å²) in [6, 6.07) is 2.76. The van der Waals surface area contributed by atoms with Gasteiger partial charge in [0.05, 0.1) is 6.07 Å². The van der Waals surface area contributed by atoms with E-state index in [4.69, 9.17) is 0 Å². The Hall–Kier alpha value is -1.59. The molecular weight excluding hydrogens is 278 g/mol. The normalized spacial score (nSPS) is 17.4. The minimum absolute atomic E-state index is 0.446. The summed E-state index contributed by atoms with van der Waals surface area (Å²) >= 11 is 1.35. The van der Waals surface area contributed by atoms with Gasteiger partial charge in [-0.2, -0.15) is 10.2 Å². The van der Waals surface area contributed by atoms with Gasteiger partial charge < -0.3 is 0 Å². The summed E-state index contributed by atoms with van der Waals surface area (Å²) in [5.74, 6) is 0.635. The molecule has 1 aromatic rings. The first-order chi connectivity index (χ1) is 9.43. The molecule has 108 valence electrons. The van der Waals surface area contributed by atoms with Gasteiger partial charge in [0.1, 0.15) is 5.54 Å². The summed E-state index contributed by atoms with van der Waals surface area (Å²) in [5, 5.41) is 15.4. The van der Waals surface area contributed by atoms with E-state index in [-0.39, 0.29) is 0 Å². The van der Waals surface area contributed by atoms with Crippen LogP contribution in [0.1, 0.15) is 26.2 Å². The van der Waals surface area contributed by atoms with Gasteiger partial charge in [0.2, 0.25) is 0 Å². The van der Waals surface area contributed by atoms with Gasteiger partial charge in [-0.05, 0) is 26.2 Å². The van der Waals surface area contributed by atoms with E-state index < -0.39 is 16.7 Å². The molecule has 7 nitrogen and oxygen atoms in total. The van der Waals surface area contributed by atoms with E-state index in [1.54, 1.807) is 7.05 Å². The molecule has 0 amide bonds. The summed E-state index contributed by atoms with van der Waals surface area (Å²) in [7, 11) is 1.63. The van der Waals surface area contributed by atoms with Gasteiger partial charge in [0.15, 0.2) is 5.16 Å². The monoisotopic (exact) mass is 295 g/mol. The summed E-state index contributed by atoms with van der Waals surface area (Å²) in [6.07, 6.45) is 2.89. The van der Waals surface area contributed by atoms with Crippen LogP contribution in [0.3, 0.4) is 0 Å². The van der Waals surface area contributed by atoms with Crippen molar-refractivity contribution in [1.82, 2.24) is 20.1 Å². The minimum atomic E-state index is -0.787. The van der Waals surface area contributed by atoms with Gasteiger partial charge >= 0.3 is 11.1 Å². The average molecular weight is 295 g/mol. The Labute approximate surface area is 120 Å². The van der Waals surface area contributed by atoms with Crippen LogP contribution in [0.5, 0.6) is 0 Å². The molecule has 1 aromatic heterocycles. The molecule has 0 aromatic carbocycles. The van der Waals surface area contributed by atoms with Gasteiger partial charge in [-0.3, -0.25) is 24.7 Å². The fourth-order valence-electron chi connectivity index (χ4n) is 1.77. The predicted molar refractivity (Wildman–Crippen MR) is 75.6 cm³/mol. The van der Waals surface area contributed by atoms with Crippen LogP contribution in [0.2, 0.25) is 0 Å². The molecule has 1 fully saturated rings. The standard InChI is InChI=1S/C12H17N5O2S/c1-12(7-13,15-8-3-4-8)5-6-20-11-14-9(18)10(19)16-17(11)2/h8,15H,3-6H2,1-2H3,(H,16,19). The Morgan fingerprint density at radius 2 is 2.30 bits per heavy atom. The number of hydrogen-bond acceptors (Lipinski definition) is 6. The summed E-state index contributed by atoms with van der Waals surface area (Å²) in [4.78, 5) is 26.0. The van der Waals surface area contributed by atoms with Crippen molar-refractivity contribution >= 4 is 11.8 Å². The second-order valence-corrected chi connectivity index (χ2v) is 6.22. The molecule has 2 N–H and O–H groups in total. The number of thioether (sulfide) groups is 1. The van der Waals surface area contributed by atoms with Crippen molar-refractivity contribution in [3.05, 3.63) is 20.7 Å². The van der Waals surface area contributed by atoms with Gasteiger partial charge in [-0.1, -0.05) is 11.8 Å². The highest BCUT2D eigenvalue weighted by molar-refractivity contribution is 7.99. The van der Waals surface area contributed by atoms with Crippen LogP contribution < -0.4 is 16.4 Å². The van der Waals surface area contributed by atoms with E-state index in [1.165, 1.54) is 16.4 Å². The molecule has 1 heterocycles. The lowest BCUT2D eigenvalue weighted by molar-refractivity contribution is 0.433. The van der Waals surface area contributed by atoms with Crippen molar-refractivity contribution in [2.24, 2.45) is 7.05 Å². The molecule has 2 rings (SSSR count). The van der Waals surface area contributed by atoms with Crippen molar-refractivity contribution in [2.45, 2.75) is 42.9 Å². The number of nitrogens with one attached hydrogen (secondary N) is 2. The number of H-pyrrole nitrogens is 1. The smallest absolute Gasteiger partial charge is 0.297 e. The Morgan fingerprint density at radius 3 is 2.90 bits per heavy atom. The largest absolute Gasteiger partial charge is 0.339 e. The number of nitriles is 1. The fraction of sp³-hybridized carbons (Fsp3) is 0.667. The molecule has 0 radical (unpaired) electrons. The third-order valence-electron chi connectivity index (χ3n) is 3.13. The Balaban J connectivity index is 1.95. The maximum atomic E-state index is 11.2. The first-order valence-corrected chi connectivity index (χ1v) is 7.41. The lowest BCUT2D eigenvalue weighted by Crippen LogP contribution is -2.42. The maximum absolute atomic E-state index is 11.2. The van der Waals surface area contributed by atoms with E-state index in [2.05, 4.69) is 21.5 Å². The number of aryl methyl sites for hydroxylation is 1. The predicted octanol–water partition coefficient (Wildman–Crippen LogP) is -0.0149. The second kappa shape index (κ2) is 5.81. The van der Waals surface area contributed by atoms with Crippen LogP contribution in [0, 0.1) is 11.3 Å². The summed E-state index contributed by atoms with van der Waals surface area (Å²) in [6.45, 7) is 1.88. The molecule has 1 saturated carbocycles. The van der Waals surface area contributed by atoms with Crippen LogP contribution in [-0.2, 0) is 7.05 Å². The first kappa shape index (κ1) is 14.8. The van der Waals surface area contributed by atoms with E-state index in [0.29, 0.717) is 23.4 Å². The SMILES string of the molecule is Cn1[nH]c(=O)c(=O)nc1SCCC(C)(C#N)NC1CC1. The molecule has 0 spiro atoms. The summed E-state index contributed by atoms with van der Waals surface area (Å²) < 4.78 is 1.42. The molecule has 1 atom stereocenters. The lowest BCUT2D eigenvalue weighted by atomic mass is 10.0. The zero-order valence-corrected chi connectivity index (χ0v) is 12.3. The number of aromatic nitrogens is 3. The van der Waals surface area contributed by atoms with Crippen molar-refractivity contribution in [2.75, 3.05) is 5.75 Å². The Morgan fingerprint density at radius 1 is 1.60 bits per heavy atom. The average Bonchev–Trinajstić information content (AvgIpc) is 3.19. The highest BCUT2D eigenvalue weighted by Gasteiger charge is 2.32. The molecular formula is C12H17N5O2S. The van der Waals surface area contributed by atoms with E-state index in [1.807, 2.05) is 6.92 Å². The van der Waals surface area contributed by atoms with Crippen molar-refractivity contribution in [1.29, 1.82) is 5.26 Å². The quantitative estimate of drug-likeness (QED) is 0.565. The Bertz CT molecular complexity index is 642. The van der Waals surface area contributed by atoms with Crippen LogP contribution in [-0.4, -0.2) is 32.1 Å². The van der Waals surface area contributed by atoms with Gasteiger partial charge in [-0.15, -0.1) is 0 Å². The van der Waals surface area contributed by atoms with Crippen molar-refractivity contribution in [3.8, 4) is 6.07 Å².